The monoisotopic (exact) mass is 349 g/mol. The average Bonchev–Trinajstić information content (AvgIpc) is 3.09. The lowest BCUT2D eigenvalue weighted by Crippen LogP contribution is -2.45. The highest BCUT2D eigenvalue weighted by Gasteiger charge is 2.32. The van der Waals surface area contributed by atoms with Gasteiger partial charge in [-0.15, -0.1) is 0 Å². The van der Waals surface area contributed by atoms with E-state index >= 15 is 0 Å². The van der Waals surface area contributed by atoms with E-state index in [-0.39, 0.29) is 0 Å². The van der Waals surface area contributed by atoms with Crippen molar-refractivity contribution in [2.45, 2.75) is 32.5 Å². The standard InChI is InChI=1S/C19H19N5O2/c1-12-4-2-3-5-14(12)18-20-7-13(8-21-18)9-24-10-16-15(22-11-23-16)6-17(24)19(25)26/h2-5,7-8,11,17H,6,9-10H2,1H3,(H,22,23)(H,25,26)/t17-/m1/s1. The number of rotatable bonds is 4. The summed E-state index contributed by atoms with van der Waals surface area (Å²) in [6, 6.07) is 7.38. The molecule has 0 saturated carbocycles. The number of fused-ring (bicyclic) bond motifs is 1. The maximum atomic E-state index is 11.7. The third kappa shape index (κ3) is 3.09. The van der Waals surface area contributed by atoms with E-state index in [1.54, 1.807) is 18.7 Å². The van der Waals surface area contributed by atoms with Crippen LogP contribution in [0.3, 0.4) is 0 Å². The molecule has 0 aliphatic carbocycles. The van der Waals surface area contributed by atoms with Crippen molar-refractivity contribution in [2.24, 2.45) is 0 Å². The number of H-pyrrole nitrogens is 1. The number of aromatic nitrogens is 4. The van der Waals surface area contributed by atoms with Crippen molar-refractivity contribution in [3.05, 3.63) is 65.5 Å². The van der Waals surface area contributed by atoms with E-state index in [9.17, 15) is 9.90 Å². The number of benzene rings is 1. The van der Waals surface area contributed by atoms with Crippen LogP contribution in [0.4, 0.5) is 0 Å². The van der Waals surface area contributed by atoms with E-state index in [4.69, 9.17) is 0 Å². The van der Waals surface area contributed by atoms with Crippen molar-refractivity contribution in [3.63, 3.8) is 0 Å². The van der Waals surface area contributed by atoms with Crippen LogP contribution in [0.2, 0.25) is 0 Å². The number of nitrogens with one attached hydrogen (secondary N) is 1. The smallest absolute Gasteiger partial charge is 0.321 e. The highest BCUT2D eigenvalue weighted by molar-refractivity contribution is 5.74. The first kappa shape index (κ1) is 16.4. The first-order valence-electron chi connectivity index (χ1n) is 8.46. The quantitative estimate of drug-likeness (QED) is 0.750. The van der Waals surface area contributed by atoms with E-state index in [1.807, 2.05) is 36.1 Å². The van der Waals surface area contributed by atoms with Gasteiger partial charge in [-0.2, -0.15) is 0 Å². The van der Waals surface area contributed by atoms with Crippen molar-refractivity contribution in [3.8, 4) is 11.4 Å². The second kappa shape index (κ2) is 6.68. The number of carbonyl (C=O) groups is 1. The van der Waals surface area contributed by atoms with Gasteiger partial charge in [0.15, 0.2) is 5.82 Å². The van der Waals surface area contributed by atoms with Crippen molar-refractivity contribution in [1.29, 1.82) is 0 Å². The summed E-state index contributed by atoms with van der Waals surface area (Å²) < 4.78 is 0. The number of aliphatic carboxylic acids is 1. The lowest BCUT2D eigenvalue weighted by molar-refractivity contribution is -0.144. The molecule has 1 aliphatic rings. The Bertz CT molecular complexity index is 935. The first-order valence-corrected chi connectivity index (χ1v) is 8.46. The topological polar surface area (TPSA) is 95.0 Å². The third-order valence-electron chi connectivity index (χ3n) is 4.76. The molecule has 1 aliphatic heterocycles. The molecular weight excluding hydrogens is 330 g/mol. The Hall–Kier alpha value is -3.06. The highest BCUT2D eigenvalue weighted by atomic mass is 16.4. The van der Waals surface area contributed by atoms with E-state index in [0.29, 0.717) is 25.3 Å². The minimum Gasteiger partial charge on any atom is -0.480 e. The van der Waals surface area contributed by atoms with Crippen LogP contribution in [0.5, 0.6) is 0 Å². The van der Waals surface area contributed by atoms with Crippen LogP contribution < -0.4 is 0 Å². The molecule has 0 saturated heterocycles. The first-order chi connectivity index (χ1) is 12.6. The summed E-state index contributed by atoms with van der Waals surface area (Å²) in [6.07, 6.45) is 5.57. The molecule has 1 aromatic carbocycles. The predicted molar refractivity (Wildman–Crippen MR) is 95.2 cm³/mol. The zero-order valence-corrected chi connectivity index (χ0v) is 14.4. The van der Waals surface area contributed by atoms with Gasteiger partial charge < -0.3 is 10.1 Å². The molecule has 3 aromatic rings. The molecular formula is C19H19N5O2. The Morgan fingerprint density at radius 3 is 2.77 bits per heavy atom. The summed E-state index contributed by atoms with van der Waals surface area (Å²) in [5.74, 6) is -0.160. The molecule has 2 aromatic heterocycles. The van der Waals surface area contributed by atoms with Gasteiger partial charge >= 0.3 is 5.97 Å². The second-order valence-corrected chi connectivity index (χ2v) is 6.52. The molecule has 0 amide bonds. The van der Waals surface area contributed by atoms with Gasteiger partial charge in [-0.3, -0.25) is 9.69 Å². The summed E-state index contributed by atoms with van der Waals surface area (Å²) in [4.78, 5) is 29.8. The van der Waals surface area contributed by atoms with Gasteiger partial charge in [0.05, 0.1) is 17.7 Å². The normalized spacial score (nSPS) is 17.0. The second-order valence-electron chi connectivity index (χ2n) is 6.52. The van der Waals surface area contributed by atoms with Crippen LogP contribution in [-0.2, 0) is 24.3 Å². The molecule has 0 bridgehead atoms. The van der Waals surface area contributed by atoms with Gasteiger partial charge in [0, 0.05) is 43.0 Å². The number of nitrogens with zero attached hydrogens (tertiary/aromatic N) is 4. The van der Waals surface area contributed by atoms with Crippen LogP contribution in [0, 0.1) is 6.92 Å². The third-order valence-corrected chi connectivity index (χ3v) is 4.76. The zero-order valence-electron chi connectivity index (χ0n) is 14.4. The van der Waals surface area contributed by atoms with E-state index in [0.717, 1.165) is 28.1 Å². The van der Waals surface area contributed by atoms with Crippen molar-refractivity contribution in [1.82, 2.24) is 24.8 Å². The lowest BCUT2D eigenvalue weighted by atomic mass is 10.0. The number of carboxylic acid groups (broad SMARTS) is 1. The fourth-order valence-electron chi connectivity index (χ4n) is 3.33. The molecule has 1 atom stereocenters. The number of hydrogen-bond donors (Lipinski definition) is 2. The van der Waals surface area contributed by atoms with Crippen molar-refractivity contribution < 1.29 is 9.90 Å². The van der Waals surface area contributed by atoms with Crippen LogP contribution in [0.1, 0.15) is 22.5 Å². The number of imidazole rings is 1. The van der Waals surface area contributed by atoms with E-state index in [1.165, 1.54) is 0 Å². The minimum absolute atomic E-state index is 0.399. The van der Waals surface area contributed by atoms with Crippen LogP contribution >= 0.6 is 0 Å². The van der Waals surface area contributed by atoms with Crippen LogP contribution in [-0.4, -0.2) is 42.0 Å². The number of hydrogen-bond acceptors (Lipinski definition) is 5. The summed E-state index contributed by atoms with van der Waals surface area (Å²) >= 11 is 0. The molecule has 0 radical (unpaired) electrons. The van der Waals surface area contributed by atoms with Gasteiger partial charge in [-0.1, -0.05) is 24.3 Å². The van der Waals surface area contributed by atoms with E-state index in [2.05, 4.69) is 19.9 Å². The van der Waals surface area contributed by atoms with Crippen LogP contribution in [0.15, 0.2) is 43.0 Å². The molecule has 0 spiro atoms. The maximum absolute atomic E-state index is 11.7. The van der Waals surface area contributed by atoms with Crippen molar-refractivity contribution >= 4 is 5.97 Å². The molecule has 2 N–H and O–H groups in total. The summed E-state index contributed by atoms with van der Waals surface area (Å²) in [5, 5.41) is 9.56. The molecule has 26 heavy (non-hydrogen) atoms. The Balaban J connectivity index is 1.55. The van der Waals surface area contributed by atoms with Gasteiger partial charge in [-0.05, 0) is 12.5 Å². The molecule has 0 unspecified atom stereocenters. The molecule has 7 heteroatoms. The largest absolute Gasteiger partial charge is 0.480 e. The van der Waals surface area contributed by atoms with E-state index < -0.39 is 12.0 Å². The number of carboxylic acids is 1. The zero-order chi connectivity index (χ0) is 18.1. The van der Waals surface area contributed by atoms with Crippen LogP contribution in [0.25, 0.3) is 11.4 Å². The Morgan fingerprint density at radius 1 is 1.27 bits per heavy atom. The molecule has 132 valence electrons. The Labute approximate surface area is 150 Å². The number of aryl methyl sites for hydroxylation is 1. The summed E-state index contributed by atoms with van der Waals surface area (Å²) in [7, 11) is 0. The van der Waals surface area contributed by atoms with Gasteiger partial charge in [0.1, 0.15) is 6.04 Å². The Morgan fingerprint density at radius 2 is 2.04 bits per heavy atom. The fourth-order valence-corrected chi connectivity index (χ4v) is 3.33. The summed E-state index contributed by atoms with van der Waals surface area (Å²) in [5.41, 5.74) is 4.81. The highest BCUT2D eigenvalue weighted by Crippen LogP contribution is 2.23. The lowest BCUT2D eigenvalue weighted by Gasteiger charge is -2.32. The van der Waals surface area contributed by atoms with Gasteiger partial charge in [0.2, 0.25) is 0 Å². The van der Waals surface area contributed by atoms with Gasteiger partial charge in [-0.25, -0.2) is 15.0 Å². The molecule has 0 fully saturated rings. The van der Waals surface area contributed by atoms with Crippen molar-refractivity contribution in [2.75, 3.05) is 0 Å². The maximum Gasteiger partial charge on any atom is 0.321 e. The minimum atomic E-state index is -0.837. The van der Waals surface area contributed by atoms with Gasteiger partial charge in [0.25, 0.3) is 0 Å². The SMILES string of the molecule is Cc1ccccc1-c1ncc(CN2Cc3[nH]cnc3C[C@@H]2C(=O)O)cn1. The summed E-state index contributed by atoms with van der Waals surface area (Å²) in [6.45, 7) is 3.02. The average molecular weight is 349 g/mol. The fraction of sp³-hybridized carbons (Fsp3) is 0.263. The Kier molecular flexibility index (Phi) is 4.22. The molecule has 3 heterocycles. The molecule has 4 rings (SSSR count). The molecule has 7 nitrogen and oxygen atoms in total. The predicted octanol–water partition coefficient (Wildman–Crippen LogP) is 2.19. The number of aromatic amines is 1.